The number of carbonyl (C=O) groups is 1. The van der Waals surface area contributed by atoms with Crippen LogP contribution in [0.2, 0.25) is 5.02 Å². The predicted octanol–water partition coefficient (Wildman–Crippen LogP) is 4.98. The Morgan fingerprint density at radius 1 is 0.936 bits per heavy atom. The summed E-state index contributed by atoms with van der Waals surface area (Å²) in [6.07, 6.45) is 6.75. The van der Waals surface area contributed by atoms with E-state index in [1.54, 1.807) is 22.5 Å². The van der Waals surface area contributed by atoms with Gasteiger partial charge in [0, 0.05) is 68.6 Å². The van der Waals surface area contributed by atoms with Crippen LogP contribution in [-0.4, -0.2) is 106 Å². The first kappa shape index (κ1) is 33.9. The third-order valence-corrected chi connectivity index (χ3v) is 12.9. The summed E-state index contributed by atoms with van der Waals surface area (Å²) in [7, 11) is -3.61. The van der Waals surface area contributed by atoms with Crippen molar-refractivity contribution < 1.29 is 13.2 Å². The summed E-state index contributed by atoms with van der Waals surface area (Å²) in [5, 5.41) is 0.421. The van der Waals surface area contributed by atoms with Crippen LogP contribution < -0.4 is 0 Å². The molecule has 2 aromatic heterocycles. The first-order chi connectivity index (χ1) is 22.5. The molecule has 0 spiro atoms. The number of halogens is 1. The van der Waals surface area contributed by atoms with Gasteiger partial charge in [0.05, 0.1) is 33.6 Å². The Morgan fingerprint density at radius 2 is 1.64 bits per heavy atom. The molecule has 0 bridgehead atoms. The van der Waals surface area contributed by atoms with Gasteiger partial charge in [0.1, 0.15) is 6.33 Å². The lowest BCUT2D eigenvalue weighted by Crippen LogP contribution is -2.63. The van der Waals surface area contributed by atoms with Gasteiger partial charge in [-0.1, -0.05) is 23.7 Å². The lowest BCUT2D eigenvalue weighted by Gasteiger charge is -2.53. The fourth-order valence-corrected chi connectivity index (χ4v) is 9.66. The normalized spacial score (nSPS) is 22.7. The minimum atomic E-state index is -3.61. The molecule has 0 N–H and O–H groups in total. The van der Waals surface area contributed by atoms with E-state index < -0.39 is 10.0 Å². The molecule has 47 heavy (non-hydrogen) atoms. The van der Waals surface area contributed by atoms with Gasteiger partial charge in [-0.15, -0.1) is 0 Å². The van der Waals surface area contributed by atoms with Gasteiger partial charge in [-0.25, -0.2) is 18.4 Å². The van der Waals surface area contributed by atoms with Crippen LogP contribution in [0.25, 0.3) is 0 Å². The average molecular weight is 680 g/mol. The molecule has 12 heteroatoms. The smallest absolute Gasteiger partial charge is 0.257 e. The quantitative estimate of drug-likeness (QED) is 0.345. The van der Waals surface area contributed by atoms with Crippen molar-refractivity contribution in [2.45, 2.75) is 75.9 Å². The zero-order valence-corrected chi connectivity index (χ0v) is 29.4. The highest BCUT2D eigenvalue weighted by Gasteiger charge is 2.44. The van der Waals surface area contributed by atoms with Crippen LogP contribution in [0, 0.1) is 19.8 Å². The second-order valence-electron chi connectivity index (χ2n) is 13.6. The van der Waals surface area contributed by atoms with Gasteiger partial charge in [0.25, 0.3) is 5.91 Å². The standard InChI is InChI=1S/C35H46ClN7O3S/c1-25-23-41(35(4)13-18-40(19-14-35)34(44)32-26(2)38-24-39-27(32)3)20-21-43(25)33(31-10-5-6-15-37-31)28-11-16-42(17-12-28)47(45,46)30-9-7-8-29(36)22-30/h5-10,15,22,24-25,28,33H,11-14,16-21,23H2,1-4H3/t25-,33+/m0/s1. The van der Waals surface area contributed by atoms with E-state index in [1.807, 2.05) is 31.0 Å². The number of hydrogen-bond acceptors (Lipinski definition) is 8. The number of aryl methyl sites for hydroxylation is 2. The molecule has 0 unspecified atom stereocenters. The topological polar surface area (TPSA) is 103 Å². The van der Waals surface area contributed by atoms with E-state index in [-0.39, 0.29) is 34.3 Å². The third-order valence-electron chi connectivity index (χ3n) is 10.7. The Balaban J connectivity index is 1.12. The van der Waals surface area contributed by atoms with Crippen molar-refractivity contribution in [3.63, 3.8) is 0 Å². The maximum Gasteiger partial charge on any atom is 0.257 e. The summed E-state index contributed by atoms with van der Waals surface area (Å²) in [4.78, 5) is 34.2. The Morgan fingerprint density at radius 3 is 2.26 bits per heavy atom. The fourth-order valence-electron chi connectivity index (χ4n) is 7.89. The van der Waals surface area contributed by atoms with Crippen molar-refractivity contribution in [1.29, 1.82) is 0 Å². The number of sulfonamides is 1. The maximum absolute atomic E-state index is 13.4. The molecular formula is C35H46ClN7O3S. The van der Waals surface area contributed by atoms with Crippen molar-refractivity contribution in [3.8, 4) is 0 Å². The highest BCUT2D eigenvalue weighted by molar-refractivity contribution is 7.89. The summed E-state index contributed by atoms with van der Waals surface area (Å²) in [6, 6.07) is 13.0. The van der Waals surface area contributed by atoms with E-state index in [4.69, 9.17) is 16.6 Å². The van der Waals surface area contributed by atoms with E-state index in [1.165, 1.54) is 12.4 Å². The highest BCUT2D eigenvalue weighted by Crippen LogP contribution is 2.40. The average Bonchev–Trinajstić information content (AvgIpc) is 3.06. The molecule has 1 amide bonds. The number of pyridine rings is 1. The van der Waals surface area contributed by atoms with Gasteiger partial charge in [-0.3, -0.25) is 19.6 Å². The van der Waals surface area contributed by atoms with Crippen molar-refractivity contribution in [2.24, 2.45) is 5.92 Å². The summed E-state index contributed by atoms with van der Waals surface area (Å²) in [5.74, 6) is 0.314. The molecule has 3 aromatic rings. The SMILES string of the molecule is Cc1ncnc(C)c1C(=O)N1CCC(C)(N2CCN([C@@H](c3ccccn3)C3CCN(S(=O)(=O)c4cccc(Cl)c4)CC3)[C@@H](C)C2)CC1. The molecule has 10 nitrogen and oxygen atoms in total. The molecule has 3 fully saturated rings. The number of piperazine rings is 1. The molecule has 5 heterocycles. The summed E-state index contributed by atoms with van der Waals surface area (Å²) >= 11 is 6.12. The molecule has 6 rings (SSSR count). The van der Waals surface area contributed by atoms with Gasteiger partial charge in [-0.05, 0) is 89.6 Å². The van der Waals surface area contributed by atoms with Crippen molar-refractivity contribution in [3.05, 3.63) is 82.7 Å². The molecule has 2 atom stereocenters. The number of aromatic nitrogens is 3. The van der Waals surface area contributed by atoms with Gasteiger partial charge >= 0.3 is 0 Å². The Labute approximate surface area is 284 Å². The Hall–Kier alpha value is -2.96. The zero-order valence-electron chi connectivity index (χ0n) is 27.8. The summed E-state index contributed by atoms with van der Waals surface area (Å²) in [6.45, 7) is 13.6. The maximum atomic E-state index is 13.4. The lowest BCUT2D eigenvalue weighted by atomic mass is 9.84. The van der Waals surface area contributed by atoms with Crippen molar-refractivity contribution in [2.75, 3.05) is 45.8 Å². The van der Waals surface area contributed by atoms with Crippen molar-refractivity contribution in [1.82, 2.24) is 34.0 Å². The van der Waals surface area contributed by atoms with Crippen LogP contribution in [-0.2, 0) is 10.0 Å². The molecule has 0 radical (unpaired) electrons. The van der Waals surface area contributed by atoms with Crippen molar-refractivity contribution >= 4 is 27.5 Å². The van der Waals surface area contributed by atoms with Gasteiger partial charge in [0.2, 0.25) is 10.0 Å². The van der Waals surface area contributed by atoms with Crippen LogP contribution in [0.1, 0.15) is 73.0 Å². The second kappa shape index (κ2) is 13.9. The van der Waals surface area contributed by atoms with E-state index in [0.29, 0.717) is 36.8 Å². The number of carbonyl (C=O) groups excluding carboxylic acids is 1. The predicted molar refractivity (Wildman–Crippen MR) is 183 cm³/mol. The number of likely N-dealkylation sites (tertiary alicyclic amines) is 1. The first-order valence-corrected chi connectivity index (χ1v) is 18.5. The number of rotatable bonds is 7. The lowest BCUT2D eigenvalue weighted by molar-refractivity contribution is -0.0429. The molecule has 0 saturated carbocycles. The van der Waals surface area contributed by atoms with E-state index in [9.17, 15) is 13.2 Å². The van der Waals surface area contributed by atoms with E-state index in [0.717, 1.165) is 62.4 Å². The molecule has 3 aliphatic rings. The van der Waals surface area contributed by atoms with E-state index >= 15 is 0 Å². The van der Waals surface area contributed by atoms with Crippen LogP contribution in [0.5, 0.6) is 0 Å². The van der Waals surface area contributed by atoms with Gasteiger partial charge in [-0.2, -0.15) is 4.31 Å². The minimum Gasteiger partial charge on any atom is -0.338 e. The largest absolute Gasteiger partial charge is 0.338 e. The zero-order chi connectivity index (χ0) is 33.3. The highest BCUT2D eigenvalue weighted by atomic mass is 35.5. The minimum absolute atomic E-state index is 0.00886. The molecule has 1 aromatic carbocycles. The second-order valence-corrected chi connectivity index (χ2v) is 16.0. The monoisotopic (exact) mass is 679 g/mol. The Bertz CT molecular complexity index is 1660. The van der Waals surface area contributed by atoms with Crippen LogP contribution in [0.15, 0.2) is 59.9 Å². The van der Waals surface area contributed by atoms with E-state index in [2.05, 4.69) is 45.7 Å². The number of hydrogen-bond donors (Lipinski definition) is 0. The molecule has 3 aliphatic heterocycles. The Kier molecular flexibility index (Phi) is 10.0. The molecule has 0 aliphatic carbocycles. The molecule has 3 saturated heterocycles. The first-order valence-electron chi connectivity index (χ1n) is 16.7. The number of benzene rings is 1. The van der Waals surface area contributed by atoms with Crippen LogP contribution >= 0.6 is 11.6 Å². The summed E-state index contributed by atoms with van der Waals surface area (Å²) < 4.78 is 28.5. The number of nitrogens with zero attached hydrogens (tertiary/aromatic N) is 7. The number of amides is 1. The van der Waals surface area contributed by atoms with Gasteiger partial charge < -0.3 is 4.90 Å². The molecule has 252 valence electrons. The fraction of sp³-hybridized carbons (Fsp3) is 0.543. The summed E-state index contributed by atoms with van der Waals surface area (Å²) in [5.41, 5.74) is 3.16. The van der Waals surface area contributed by atoms with Crippen LogP contribution in [0.3, 0.4) is 0 Å². The molecular weight excluding hydrogens is 634 g/mol. The number of piperidine rings is 2. The van der Waals surface area contributed by atoms with Crippen LogP contribution in [0.4, 0.5) is 0 Å². The third kappa shape index (κ3) is 6.96. The van der Waals surface area contributed by atoms with Gasteiger partial charge in [0.15, 0.2) is 0 Å².